The zero-order valence-electron chi connectivity index (χ0n) is 33.9. The van der Waals surface area contributed by atoms with Crippen molar-refractivity contribution in [3.8, 4) is 22.3 Å². The van der Waals surface area contributed by atoms with E-state index >= 15 is 0 Å². The van der Waals surface area contributed by atoms with Gasteiger partial charge in [-0.1, -0.05) is 166 Å². The highest BCUT2D eigenvalue weighted by Crippen LogP contribution is 2.52. The minimum absolute atomic E-state index is 0.0975. The monoisotopic (exact) mass is 783 g/mol. The highest BCUT2D eigenvalue weighted by atomic mass is 16.3. The van der Waals surface area contributed by atoms with Crippen LogP contribution >= 0.6 is 0 Å². The summed E-state index contributed by atoms with van der Waals surface area (Å²) in [5.74, 6) is 0. The number of nitrogens with one attached hydrogen (secondary N) is 1. The van der Waals surface area contributed by atoms with Gasteiger partial charge in [-0.3, -0.25) is 4.99 Å². The van der Waals surface area contributed by atoms with Crippen molar-refractivity contribution in [3.05, 3.63) is 228 Å². The average Bonchev–Trinajstić information content (AvgIpc) is 3.81. The Morgan fingerprint density at radius 1 is 0.525 bits per heavy atom. The largest absolute Gasteiger partial charge is 0.454 e. The highest BCUT2D eigenvalue weighted by Gasteiger charge is 2.36. The maximum absolute atomic E-state index is 7.04. The molecule has 10 aromatic rings. The van der Waals surface area contributed by atoms with E-state index in [1.54, 1.807) is 0 Å². The van der Waals surface area contributed by atoms with E-state index in [9.17, 15) is 0 Å². The molecule has 1 aromatic heterocycles. The number of nitrogens with zero attached hydrogens (tertiary/aromatic N) is 2. The average molecular weight is 784 g/mol. The lowest BCUT2D eigenvalue weighted by Crippen LogP contribution is -2.21. The Morgan fingerprint density at radius 2 is 1.21 bits per heavy atom. The molecule has 2 aliphatic rings. The third-order valence-corrected chi connectivity index (χ3v) is 12.9. The van der Waals surface area contributed by atoms with E-state index in [0.29, 0.717) is 0 Å². The Morgan fingerprint density at radius 3 is 2.11 bits per heavy atom. The van der Waals surface area contributed by atoms with Gasteiger partial charge in [-0.15, -0.1) is 0 Å². The zero-order valence-corrected chi connectivity index (χ0v) is 33.9. The molecule has 0 saturated heterocycles. The molecule has 0 spiro atoms. The number of benzene rings is 9. The second-order valence-corrected chi connectivity index (χ2v) is 16.8. The van der Waals surface area contributed by atoms with Crippen LogP contribution in [0.1, 0.15) is 47.8 Å². The topological polar surface area (TPSA) is 40.8 Å². The lowest BCUT2D eigenvalue weighted by Gasteiger charge is -2.29. The lowest BCUT2D eigenvalue weighted by molar-refractivity contribution is 0.660. The van der Waals surface area contributed by atoms with Crippen LogP contribution in [-0.4, -0.2) is 5.71 Å². The third kappa shape index (κ3) is 5.63. The first-order valence-corrected chi connectivity index (χ1v) is 21.1. The van der Waals surface area contributed by atoms with E-state index in [4.69, 9.17) is 9.41 Å². The van der Waals surface area contributed by atoms with Crippen LogP contribution in [0.5, 0.6) is 0 Å². The Hall–Kier alpha value is -7.69. The maximum atomic E-state index is 7.04. The molecule has 1 aliphatic carbocycles. The van der Waals surface area contributed by atoms with Gasteiger partial charge in [-0.25, -0.2) is 0 Å². The number of para-hydroxylation sites is 2. The Labute approximate surface area is 355 Å². The van der Waals surface area contributed by atoms with Crippen molar-refractivity contribution in [2.24, 2.45) is 4.99 Å². The van der Waals surface area contributed by atoms with Gasteiger partial charge in [0.1, 0.15) is 11.7 Å². The van der Waals surface area contributed by atoms with Crippen molar-refractivity contribution < 1.29 is 4.42 Å². The molecule has 1 unspecified atom stereocenters. The van der Waals surface area contributed by atoms with E-state index in [-0.39, 0.29) is 11.6 Å². The summed E-state index contributed by atoms with van der Waals surface area (Å²) in [6, 6.07) is 71.8. The lowest BCUT2D eigenvalue weighted by atomic mass is 9.82. The van der Waals surface area contributed by atoms with Crippen LogP contribution in [0.25, 0.3) is 55.0 Å². The van der Waals surface area contributed by atoms with Crippen LogP contribution in [0.4, 0.5) is 22.7 Å². The molecule has 61 heavy (non-hydrogen) atoms. The standard InChI is InChI=1S/C57H41N3O/c1-57(2)48-24-11-8-21-43(48)47-35-42(29-31-49(47)57)60(41-28-27-37-17-6-7-18-39(37)34-41)51-32-30-46(53-45-23-10-13-26-52(45)61-55(51)53)56-58-50-25-12-9-22-44(50)54(59-56)40-20-14-19-38(33-40)36-15-4-3-5-16-36/h3-35,56,58H,1-2H3. The van der Waals surface area contributed by atoms with Crippen LogP contribution in [0, 0.1) is 0 Å². The highest BCUT2D eigenvalue weighted by molar-refractivity contribution is 6.18. The summed E-state index contributed by atoms with van der Waals surface area (Å²) in [6.07, 6.45) is -0.379. The van der Waals surface area contributed by atoms with Crippen molar-refractivity contribution in [1.29, 1.82) is 0 Å². The van der Waals surface area contributed by atoms with E-state index in [1.807, 2.05) is 0 Å². The number of hydrogen-bond donors (Lipinski definition) is 1. The van der Waals surface area contributed by atoms with Gasteiger partial charge in [-0.2, -0.15) is 0 Å². The van der Waals surface area contributed by atoms with Gasteiger partial charge in [0.2, 0.25) is 0 Å². The minimum Gasteiger partial charge on any atom is -0.454 e. The summed E-state index contributed by atoms with van der Waals surface area (Å²) in [6.45, 7) is 4.67. The fourth-order valence-corrected chi connectivity index (χ4v) is 9.88. The molecule has 0 saturated carbocycles. The van der Waals surface area contributed by atoms with Crippen molar-refractivity contribution in [1.82, 2.24) is 0 Å². The second-order valence-electron chi connectivity index (χ2n) is 16.8. The Balaban J connectivity index is 1.07. The number of fused-ring (bicyclic) bond motifs is 8. The summed E-state index contributed by atoms with van der Waals surface area (Å²) in [5.41, 5.74) is 17.5. The molecule has 4 nitrogen and oxygen atoms in total. The molecule has 0 bridgehead atoms. The molecule has 290 valence electrons. The van der Waals surface area contributed by atoms with Crippen LogP contribution in [0.2, 0.25) is 0 Å². The smallest absolute Gasteiger partial charge is 0.159 e. The molecule has 1 aliphatic heterocycles. The summed E-state index contributed by atoms with van der Waals surface area (Å²) in [5, 5.41) is 8.32. The van der Waals surface area contributed by atoms with Crippen molar-refractivity contribution in [2.75, 3.05) is 10.2 Å². The molecule has 2 heterocycles. The third-order valence-electron chi connectivity index (χ3n) is 12.9. The van der Waals surface area contributed by atoms with Gasteiger partial charge < -0.3 is 14.6 Å². The molecule has 12 rings (SSSR count). The summed E-state index contributed by atoms with van der Waals surface area (Å²) in [4.78, 5) is 7.96. The SMILES string of the molecule is CC1(C)c2ccccc2-c2cc(N(c3ccc4ccccc4c3)c3ccc(C4N=C(c5cccc(-c6ccccc6)c5)c5ccccc5N4)c4c3oc3ccccc34)ccc21. The van der Waals surface area contributed by atoms with E-state index < -0.39 is 0 Å². The fourth-order valence-electron chi connectivity index (χ4n) is 9.88. The van der Waals surface area contributed by atoms with Gasteiger partial charge in [0.25, 0.3) is 0 Å². The number of anilines is 4. The molecular formula is C57H41N3O. The van der Waals surface area contributed by atoms with Gasteiger partial charge in [0.05, 0.1) is 11.4 Å². The molecule has 0 fully saturated rings. The quantitative estimate of drug-likeness (QED) is 0.183. The first-order valence-electron chi connectivity index (χ1n) is 21.1. The molecule has 0 radical (unpaired) electrons. The normalized spacial score (nSPS) is 14.9. The molecule has 0 amide bonds. The first-order chi connectivity index (χ1) is 30.0. The minimum atomic E-state index is -0.379. The van der Waals surface area contributed by atoms with E-state index in [2.05, 4.69) is 224 Å². The zero-order chi connectivity index (χ0) is 40.7. The summed E-state index contributed by atoms with van der Waals surface area (Å²) >= 11 is 0. The molecule has 9 aromatic carbocycles. The predicted octanol–water partition coefficient (Wildman–Crippen LogP) is 15.1. The Bertz CT molecular complexity index is 3390. The van der Waals surface area contributed by atoms with Gasteiger partial charge in [0, 0.05) is 49.9 Å². The molecule has 1 N–H and O–H groups in total. The van der Waals surface area contributed by atoms with Crippen LogP contribution in [0.15, 0.2) is 210 Å². The summed E-state index contributed by atoms with van der Waals surface area (Å²) < 4.78 is 7.04. The Kier molecular flexibility index (Phi) is 7.91. The van der Waals surface area contributed by atoms with Crippen LogP contribution in [-0.2, 0) is 5.41 Å². The number of furan rings is 1. The van der Waals surface area contributed by atoms with Gasteiger partial charge in [-0.05, 0) is 92.7 Å². The van der Waals surface area contributed by atoms with Crippen LogP contribution < -0.4 is 10.2 Å². The predicted molar refractivity (Wildman–Crippen MR) is 254 cm³/mol. The fraction of sp³-hybridized carbons (Fsp3) is 0.0702. The van der Waals surface area contributed by atoms with Crippen molar-refractivity contribution >= 4 is 61.2 Å². The molecular weight excluding hydrogens is 743 g/mol. The number of hydrogen-bond acceptors (Lipinski definition) is 4. The van der Waals surface area contributed by atoms with E-state index in [0.717, 1.165) is 72.7 Å². The first kappa shape index (κ1) is 35.3. The number of aliphatic imine (C=N–C) groups is 1. The van der Waals surface area contributed by atoms with Crippen LogP contribution in [0.3, 0.4) is 0 Å². The maximum Gasteiger partial charge on any atom is 0.159 e. The second kappa shape index (κ2) is 13.7. The molecule has 4 heteroatoms. The van der Waals surface area contributed by atoms with Crippen molar-refractivity contribution in [2.45, 2.75) is 25.4 Å². The van der Waals surface area contributed by atoms with E-state index in [1.165, 1.54) is 38.6 Å². The van der Waals surface area contributed by atoms with Gasteiger partial charge in [0.15, 0.2) is 5.58 Å². The van der Waals surface area contributed by atoms with Crippen molar-refractivity contribution in [3.63, 3.8) is 0 Å². The van der Waals surface area contributed by atoms with Gasteiger partial charge >= 0.3 is 0 Å². The molecule has 1 atom stereocenters. The number of rotatable bonds is 6. The summed E-state index contributed by atoms with van der Waals surface area (Å²) in [7, 11) is 0.